The number of hydrogen-bond acceptors (Lipinski definition) is 4. The molecule has 0 atom stereocenters. The van der Waals surface area contributed by atoms with E-state index in [-0.39, 0.29) is 18.0 Å². The van der Waals surface area contributed by atoms with E-state index >= 15 is 0 Å². The summed E-state index contributed by atoms with van der Waals surface area (Å²) < 4.78 is 83.3. The number of carbonyl (C=O) groups is 2. The Balaban J connectivity index is 2.53. The van der Waals surface area contributed by atoms with Gasteiger partial charge in [-0.1, -0.05) is 0 Å². The molecule has 0 unspecified atom stereocenters. The van der Waals surface area contributed by atoms with Crippen molar-refractivity contribution in [3.63, 3.8) is 0 Å². The lowest BCUT2D eigenvalue weighted by molar-refractivity contribution is -0.407. The van der Waals surface area contributed by atoms with E-state index in [0.717, 1.165) is 18.7 Å². The van der Waals surface area contributed by atoms with Gasteiger partial charge in [0.15, 0.2) is 0 Å². The molecule has 5 nitrogen and oxygen atoms in total. The van der Waals surface area contributed by atoms with Crippen LogP contribution in [-0.2, 0) is 14.3 Å². The Morgan fingerprint density at radius 1 is 1.09 bits per heavy atom. The first-order chi connectivity index (χ1) is 10.2. The second-order valence-electron chi connectivity index (χ2n) is 5.90. The summed E-state index contributed by atoms with van der Waals surface area (Å²) in [6, 6.07) is 0. The third-order valence-electron chi connectivity index (χ3n) is 4.04. The third-order valence-corrected chi connectivity index (χ3v) is 4.04. The quantitative estimate of drug-likeness (QED) is 0.563. The largest absolute Gasteiger partial charge is 0.453 e. The molecule has 2 fully saturated rings. The van der Waals surface area contributed by atoms with Gasteiger partial charge < -0.3 is 9.64 Å². The topological polar surface area (TPSA) is 49.9 Å². The maximum atomic E-state index is 13.3. The van der Waals surface area contributed by atoms with Gasteiger partial charge >= 0.3 is 24.0 Å². The zero-order valence-corrected chi connectivity index (χ0v) is 12.2. The molecule has 0 radical (unpaired) electrons. The standard InChI is InChI=1S/C12H14F6N2O3/c1-9(2,8(22)19-4-3-5-19)20-6-7(21)23-10(20,11(13,14)15)12(16,17)18/h3-6H2,1-2H3. The second-order valence-corrected chi connectivity index (χ2v) is 5.90. The van der Waals surface area contributed by atoms with Gasteiger partial charge in [-0.05, 0) is 20.3 Å². The van der Waals surface area contributed by atoms with Crippen LogP contribution in [0, 0.1) is 0 Å². The Bertz CT molecular complexity index is 510. The van der Waals surface area contributed by atoms with Crippen molar-refractivity contribution in [2.75, 3.05) is 19.6 Å². The molecule has 2 rings (SSSR count). The average Bonchev–Trinajstić information content (AvgIpc) is 2.65. The molecule has 0 bridgehead atoms. The summed E-state index contributed by atoms with van der Waals surface area (Å²) in [7, 11) is 0. The number of ether oxygens (including phenoxy) is 1. The lowest BCUT2D eigenvalue weighted by Gasteiger charge is -2.47. The number of nitrogens with zero attached hydrogens (tertiary/aromatic N) is 2. The van der Waals surface area contributed by atoms with Gasteiger partial charge in [-0.3, -0.25) is 9.59 Å². The van der Waals surface area contributed by atoms with Gasteiger partial charge in [0, 0.05) is 13.1 Å². The number of likely N-dealkylation sites (tertiary alicyclic amines) is 1. The molecular weight excluding hydrogens is 334 g/mol. The van der Waals surface area contributed by atoms with Gasteiger partial charge in [-0.15, -0.1) is 0 Å². The predicted molar refractivity (Wildman–Crippen MR) is 62.9 cm³/mol. The molecule has 23 heavy (non-hydrogen) atoms. The molecular formula is C12H14F6N2O3. The van der Waals surface area contributed by atoms with Gasteiger partial charge in [0.05, 0.1) is 5.54 Å². The van der Waals surface area contributed by atoms with Crippen molar-refractivity contribution >= 4 is 11.9 Å². The molecule has 0 aliphatic carbocycles. The van der Waals surface area contributed by atoms with Crippen LogP contribution >= 0.6 is 0 Å². The fraction of sp³-hybridized carbons (Fsp3) is 0.833. The summed E-state index contributed by atoms with van der Waals surface area (Å²) in [4.78, 5) is 24.5. The zero-order valence-electron chi connectivity index (χ0n) is 12.2. The van der Waals surface area contributed by atoms with Crippen molar-refractivity contribution in [2.24, 2.45) is 0 Å². The molecule has 0 spiro atoms. The summed E-state index contributed by atoms with van der Waals surface area (Å²) in [5, 5.41) is 0. The first kappa shape index (κ1) is 17.8. The van der Waals surface area contributed by atoms with Crippen LogP contribution in [-0.4, -0.2) is 64.9 Å². The van der Waals surface area contributed by atoms with Gasteiger partial charge in [0.2, 0.25) is 5.91 Å². The van der Waals surface area contributed by atoms with Crippen LogP contribution in [0.25, 0.3) is 0 Å². The van der Waals surface area contributed by atoms with E-state index in [4.69, 9.17) is 0 Å². The van der Waals surface area contributed by atoms with E-state index in [1.165, 1.54) is 0 Å². The minimum Gasteiger partial charge on any atom is -0.424 e. The van der Waals surface area contributed by atoms with E-state index in [2.05, 4.69) is 4.74 Å². The number of carbonyl (C=O) groups excluding carboxylic acids is 2. The number of halogens is 6. The molecule has 11 heteroatoms. The summed E-state index contributed by atoms with van der Waals surface area (Å²) in [5.41, 5.74) is -7.06. The monoisotopic (exact) mass is 348 g/mol. The number of cyclic esters (lactones) is 1. The highest BCUT2D eigenvalue weighted by Crippen LogP contribution is 2.53. The molecule has 132 valence electrons. The Labute approximate surface area is 127 Å². The van der Waals surface area contributed by atoms with Crippen LogP contribution in [0.1, 0.15) is 20.3 Å². The lowest BCUT2D eigenvalue weighted by Crippen LogP contribution is -2.73. The Hall–Kier alpha value is -1.52. The second kappa shape index (κ2) is 4.99. The molecule has 0 N–H and O–H groups in total. The zero-order chi connectivity index (χ0) is 17.8. The molecule has 0 aromatic heterocycles. The fourth-order valence-electron chi connectivity index (χ4n) is 2.69. The SMILES string of the molecule is CC(C)(C(=O)N1CCC1)N1CC(=O)OC1(C(F)(F)F)C(F)(F)F. The van der Waals surface area contributed by atoms with Crippen LogP contribution in [0.5, 0.6) is 0 Å². The van der Waals surface area contributed by atoms with Crippen LogP contribution in [0.3, 0.4) is 0 Å². The van der Waals surface area contributed by atoms with E-state index in [9.17, 15) is 35.9 Å². The van der Waals surface area contributed by atoms with E-state index in [1.807, 2.05) is 0 Å². The summed E-state index contributed by atoms with van der Waals surface area (Å²) in [6.07, 6.45) is -11.3. The highest BCUT2D eigenvalue weighted by molar-refractivity contribution is 5.87. The maximum absolute atomic E-state index is 13.3. The Morgan fingerprint density at radius 3 is 1.91 bits per heavy atom. The molecule has 2 heterocycles. The highest BCUT2D eigenvalue weighted by atomic mass is 19.4. The molecule has 0 aromatic rings. The summed E-state index contributed by atoms with van der Waals surface area (Å²) in [5.74, 6) is -2.61. The minimum atomic E-state index is -5.95. The minimum absolute atomic E-state index is 0.246. The van der Waals surface area contributed by atoms with Crippen LogP contribution in [0.15, 0.2) is 0 Å². The smallest absolute Gasteiger partial charge is 0.424 e. The third kappa shape index (κ3) is 2.45. The van der Waals surface area contributed by atoms with Crippen LogP contribution in [0.4, 0.5) is 26.3 Å². The fourth-order valence-corrected chi connectivity index (χ4v) is 2.69. The van der Waals surface area contributed by atoms with Gasteiger partial charge in [-0.2, -0.15) is 26.3 Å². The van der Waals surface area contributed by atoms with Crippen molar-refractivity contribution in [2.45, 2.75) is 43.9 Å². The summed E-state index contributed by atoms with van der Waals surface area (Å²) in [6.45, 7) is 1.04. The highest BCUT2D eigenvalue weighted by Gasteiger charge is 2.82. The molecule has 2 aliphatic heterocycles. The molecule has 0 aromatic carbocycles. The number of rotatable bonds is 2. The summed E-state index contributed by atoms with van der Waals surface area (Å²) >= 11 is 0. The van der Waals surface area contributed by atoms with Crippen LogP contribution in [0.2, 0.25) is 0 Å². The van der Waals surface area contributed by atoms with Gasteiger partial charge in [-0.25, -0.2) is 4.90 Å². The van der Waals surface area contributed by atoms with E-state index < -0.39 is 42.0 Å². The average molecular weight is 348 g/mol. The molecule has 0 saturated carbocycles. The number of alkyl halides is 6. The van der Waals surface area contributed by atoms with Crippen molar-refractivity contribution < 1.29 is 40.7 Å². The normalized spacial score (nSPS) is 22.8. The molecule has 2 saturated heterocycles. The molecule has 2 aliphatic rings. The number of hydrogen-bond donors (Lipinski definition) is 0. The Kier molecular flexibility index (Phi) is 3.86. The Morgan fingerprint density at radius 2 is 1.57 bits per heavy atom. The maximum Gasteiger partial charge on any atom is 0.453 e. The van der Waals surface area contributed by atoms with Gasteiger partial charge in [0.25, 0.3) is 0 Å². The van der Waals surface area contributed by atoms with Gasteiger partial charge in [0.1, 0.15) is 6.54 Å². The first-order valence-corrected chi connectivity index (χ1v) is 6.67. The van der Waals surface area contributed by atoms with Crippen molar-refractivity contribution in [3.05, 3.63) is 0 Å². The van der Waals surface area contributed by atoms with Crippen molar-refractivity contribution in [1.82, 2.24) is 9.80 Å². The predicted octanol–water partition coefficient (Wildman–Crippen LogP) is 1.68. The van der Waals surface area contributed by atoms with E-state index in [0.29, 0.717) is 6.42 Å². The van der Waals surface area contributed by atoms with Crippen molar-refractivity contribution in [1.29, 1.82) is 0 Å². The molecule has 1 amide bonds. The first-order valence-electron chi connectivity index (χ1n) is 6.67. The van der Waals surface area contributed by atoms with Crippen LogP contribution < -0.4 is 0 Å². The lowest BCUT2D eigenvalue weighted by atomic mass is 9.94. The number of esters is 1. The van der Waals surface area contributed by atoms with E-state index in [1.54, 1.807) is 0 Å². The number of amides is 1. The van der Waals surface area contributed by atoms with Crippen molar-refractivity contribution in [3.8, 4) is 0 Å².